The van der Waals surface area contributed by atoms with Crippen LogP contribution in [0.2, 0.25) is 5.02 Å². The fourth-order valence-electron chi connectivity index (χ4n) is 9.17. The van der Waals surface area contributed by atoms with Crippen molar-refractivity contribution in [3.05, 3.63) is 40.4 Å². The third-order valence-electron chi connectivity index (χ3n) is 11.9. The van der Waals surface area contributed by atoms with Gasteiger partial charge in [-0.25, -0.2) is 19.2 Å². The van der Waals surface area contributed by atoms with E-state index in [1.807, 2.05) is 19.9 Å². The van der Waals surface area contributed by atoms with Gasteiger partial charge >= 0.3 is 24.2 Å². The van der Waals surface area contributed by atoms with E-state index in [2.05, 4.69) is 12.2 Å². The number of rotatable bonds is 8. The Bertz CT molecular complexity index is 1770. The molecule has 2 aliphatic heterocycles. The Labute approximate surface area is 340 Å². The zero-order valence-electron chi connectivity index (χ0n) is 35.1. The van der Waals surface area contributed by atoms with E-state index in [0.29, 0.717) is 29.3 Å². The van der Waals surface area contributed by atoms with Crippen LogP contribution in [0.5, 0.6) is 0 Å². The molecule has 14 nitrogen and oxygen atoms in total. The molecule has 1 aromatic carbocycles. The zero-order valence-corrected chi connectivity index (χ0v) is 35.8. The molecule has 6 rings (SSSR count). The number of nitrogens with zero attached hydrogens (tertiary/aromatic N) is 2. The van der Waals surface area contributed by atoms with Gasteiger partial charge in [0, 0.05) is 37.9 Å². The smallest absolute Gasteiger partial charge is 0.454 e. The zero-order chi connectivity index (χ0) is 42.0. The Morgan fingerprint density at radius 2 is 1.70 bits per heavy atom. The molecule has 2 N–H and O–H groups in total. The first-order chi connectivity index (χ1) is 26.5. The summed E-state index contributed by atoms with van der Waals surface area (Å²) in [5.74, 6) is -2.18. The van der Waals surface area contributed by atoms with Gasteiger partial charge in [0.15, 0.2) is 17.8 Å². The van der Waals surface area contributed by atoms with Crippen molar-refractivity contribution in [3.8, 4) is 0 Å². The molecule has 1 saturated heterocycles. The van der Waals surface area contributed by atoms with Crippen LogP contribution in [0.1, 0.15) is 107 Å². The van der Waals surface area contributed by atoms with Crippen LogP contribution >= 0.6 is 11.6 Å². The third kappa shape index (κ3) is 8.47. The predicted octanol–water partition coefficient (Wildman–Crippen LogP) is 6.79. The van der Waals surface area contributed by atoms with Crippen molar-refractivity contribution in [2.24, 2.45) is 23.7 Å². The Balaban J connectivity index is 1.44. The molecule has 316 valence electrons. The molecule has 15 heteroatoms. The maximum Gasteiger partial charge on any atom is 0.509 e. The standard InChI is InChI=1S/C42H60ClN3O11/c1-22-19-29-27(23(2)21-44-26-16-17-26)18-15-24(3)42(29,51)34(33(22)52-25(4)47)53-35(48)31-20-41(56-38(50)55-40(8,9)10)28-13-12-14-30(43)32(28)45(11)57-36(41)46(31)37(49)54-39(5,6)7/h12-14,19,23-24,26-27,29,31,33-34,36,44,51H,15-18,20-21H2,1-11H3/t23-,24-,27-,29+,31-,33+,34-,36+,41+,42+/m0/s1. The van der Waals surface area contributed by atoms with Crippen molar-refractivity contribution >= 4 is 41.5 Å². The summed E-state index contributed by atoms with van der Waals surface area (Å²) in [6.07, 6.45) is -0.572. The Kier molecular flexibility index (Phi) is 11.7. The normalized spacial score (nSPS) is 32.9. The van der Waals surface area contributed by atoms with Crippen molar-refractivity contribution in [1.29, 1.82) is 0 Å². The Hall–Kier alpha value is -3.59. The number of nitrogens with one attached hydrogen (secondary N) is 1. The molecular formula is C42H60ClN3O11. The largest absolute Gasteiger partial charge is 0.509 e. The number of para-hydroxylation sites is 1. The van der Waals surface area contributed by atoms with Crippen molar-refractivity contribution in [1.82, 2.24) is 10.2 Å². The average Bonchev–Trinajstić information content (AvgIpc) is 3.85. The highest BCUT2D eigenvalue weighted by Gasteiger charge is 2.67. The van der Waals surface area contributed by atoms with Crippen molar-refractivity contribution in [3.63, 3.8) is 0 Å². The summed E-state index contributed by atoms with van der Waals surface area (Å²) in [6, 6.07) is 3.99. The maximum absolute atomic E-state index is 15.1. The Morgan fingerprint density at radius 3 is 2.32 bits per heavy atom. The molecule has 0 bridgehead atoms. The fraction of sp³-hybridized carbons (Fsp3) is 0.714. The summed E-state index contributed by atoms with van der Waals surface area (Å²) >= 11 is 6.71. The van der Waals surface area contributed by atoms with Crippen LogP contribution in [0.25, 0.3) is 0 Å². The second-order valence-corrected chi connectivity index (χ2v) is 19.1. The monoisotopic (exact) mass is 817 g/mol. The molecule has 1 aromatic rings. The topological polar surface area (TPSA) is 162 Å². The van der Waals surface area contributed by atoms with Crippen LogP contribution in [0, 0.1) is 23.7 Å². The summed E-state index contributed by atoms with van der Waals surface area (Å²) < 4.78 is 30.0. The van der Waals surface area contributed by atoms with E-state index >= 15 is 4.79 Å². The van der Waals surface area contributed by atoms with Crippen LogP contribution in [0.3, 0.4) is 0 Å². The first-order valence-corrected chi connectivity index (χ1v) is 20.5. The van der Waals surface area contributed by atoms with Gasteiger partial charge in [-0.3, -0.25) is 14.8 Å². The number of anilines is 1. The molecule has 0 spiro atoms. The Morgan fingerprint density at radius 1 is 1.04 bits per heavy atom. The number of carbonyl (C=O) groups is 4. The molecule has 10 atom stereocenters. The number of likely N-dealkylation sites (tertiary alicyclic amines) is 1. The third-order valence-corrected chi connectivity index (χ3v) is 12.2. The quantitative estimate of drug-likeness (QED) is 0.160. The molecular weight excluding hydrogens is 758 g/mol. The highest BCUT2D eigenvalue weighted by Crippen LogP contribution is 2.56. The summed E-state index contributed by atoms with van der Waals surface area (Å²) in [7, 11) is 1.58. The maximum atomic E-state index is 15.1. The van der Waals surface area contributed by atoms with Crippen LogP contribution in [-0.2, 0) is 43.7 Å². The number of halogens is 1. The molecule has 0 radical (unpaired) electrons. The van der Waals surface area contributed by atoms with Crippen LogP contribution in [-0.4, -0.2) is 95.1 Å². The molecule has 1 amide bonds. The minimum absolute atomic E-state index is 0.0233. The van der Waals surface area contributed by atoms with Gasteiger partial charge in [-0.2, -0.15) is 0 Å². The number of aliphatic hydroxyl groups is 1. The van der Waals surface area contributed by atoms with E-state index in [4.69, 9.17) is 40.1 Å². The van der Waals surface area contributed by atoms with E-state index in [-0.39, 0.29) is 29.2 Å². The molecule has 0 unspecified atom stereocenters. The lowest BCUT2D eigenvalue weighted by Gasteiger charge is -2.56. The van der Waals surface area contributed by atoms with Gasteiger partial charge in [0.05, 0.1) is 10.7 Å². The summed E-state index contributed by atoms with van der Waals surface area (Å²) in [6.45, 7) is 18.0. The SMILES string of the molecule is CC(=O)O[C@@H]1C(C)=C[C@@H]2[C@H]([C@@H](C)CNC3CC3)CC[C@H](C)[C@]2(O)[C@H]1OC(=O)[C@@H]1C[C@@]2(OC(=O)OC(C)(C)C)c3cccc(Cl)c3N(C)O[C@H]2N1C(=O)OC(C)(C)C. The number of benzene rings is 1. The molecule has 3 fully saturated rings. The van der Waals surface area contributed by atoms with Gasteiger partial charge in [-0.05, 0) is 110 Å². The van der Waals surface area contributed by atoms with Crippen LogP contribution < -0.4 is 10.4 Å². The number of hydrogen-bond donors (Lipinski definition) is 2. The lowest BCUT2D eigenvalue weighted by Crippen LogP contribution is -2.66. The van der Waals surface area contributed by atoms with E-state index < -0.39 is 77.0 Å². The summed E-state index contributed by atoms with van der Waals surface area (Å²) in [5.41, 5.74) is -4.15. The molecule has 57 heavy (non-hydrogen) atoms. The van der Waals surface area contributed by atoms with Crippen molar-refractivity contribution in [2.75, 3.05) is 18.7 Å². The lowest BCUT2D eigenvalue weighted by molar-refractivity contribution is -0.227. The first-order valence-electron chi connectivity index (χ1n) is 20.1. The van der Waals surface area contributed by atoms with Gasteiger partial charge in [-0.1, -0.05) is 43.7 Å². The number of hydroxylamine groups is 1. The van der Waals surface area contributed by atoms with Crippen LogP contribution in [0.15, 0.2) is 29.8 Å². The summed E-state index contributed by atoms with van der Waals surface area (Å²) in [4.78, 5) is 63.2. The molecule has 5 aliphatic rings. The first kappa shape index (κ1) is 43.0. The van der Waals surface area contributed by atoms with Gasteiger partial charge in [-0.15, -0.1) is 0 Å². The van der Waals surface area contributed by atoms with E-state index in [1.54, 1.807) is 66.8 Å². The fourth-order valence-corrected chi connectivity index (χ4v) is 9.46. The molecule has 3 aliphatic carbocycles. The number of ether oxygens (including phenoxy) is 5. The second kappa shape index (κ2) is 15.5. The number of fused-ring (bicyclic) bond motifs is 4. The van der Waals surface area contributed by atoms with E-state index in [1.165, 1.54) is 12.0 Å². The van der Waals surface area contributed by atoms with Crippen LogP contribution in [0.4, 0.5) is 15.3 Å². The van der Waals surface area contributed by atoms with Gasteiger partial charge in [0.1, 0.15) is 22.8 Å². The predicted molar refractivity (Wildman–Crippen MR) is 210 cm³/mol. The van der Waals surface area contributed by atoms with E-state index in [9.17, 15) is 19.5 Å². The number of esters is 2. The molecule has 0 aromatic heterocycles. The van der Waals surface area contributed by atoms with E-state index in [0.717, 1.165) is 30.7 Å². The van der Waals surface area contributed by atoms with Gasteiger partial charge in [0.25, 0.3) is 0 Å². The molecule has 2 heterocycles. The lowest BCUT2D eigenvalue weighted by atomic mass is 9.55. The second-order valence-electron chi connectivity index (χ2n) is 18.7. The van der Waals surface area contributed by atoms with Gasteiger partial charge in [0.2, 0.25) is 6.23 Å². The summed E-state index contributed by atoms with van der Waals surface area (Å²) in [5, 5.41) is 18.3. The number of hydrogen-bond acceptors (Lipinski definition) is 13. The van der Waals surface area contributed by atoms with Gasteiger partial charge < -0.3 is 34.1 Å². The highest BCUT2D eigenvalue weighted by atomic mass is 35.5. The average molecular weight is 818 g/mol. The van der Waals surface area contributed by atoms with Crippen molar-refractivity contribution < 1.29 is 52.8 Å². The number of amides is 1. The minimum Gasteiger partial charge on any atom is -0.454 e. The molecule has 2 saturated carbocycles. The number of carbonyl (C=O) groups excluding carboxylic acids is 4. The minimum atomic E-state index is -1.86. The highest BCUT2D eigenvalue weighted by molar-refractivity contribution is 6.33. The van der Waals surface area contributed by atoms with Crippen molar-refractivity contribution in [2.45, 2.75) is 154 Å².